The van der Waals surface area contributed by atoms with Crippen LogP contribution in [0.25, 0.3) is 0 Å². The highest BCUT2D eigenvalue weighted by atomic mass is 16.1. The van der Waals surface area contributed by atoms with Crippen LogP contribution >= 0.6 is 0 Å². The highest BCUT2D eigenvalue weighted by Crippen LogP contribution is 2.30. The number of aryl methyl sites for hydroxylation is 1. The van der Waals surface area contributed by atoms with Gasteiger partial charge in [-0.15, -0.1) is 0 Å². The molecule has 0 atom stereocenters. The molecule has 2 aliphatic rings. The molecule has 1 N–H and O–H groups in total. The minimum atomic E-state index is 0.151. The van der Waals surface area contributed by atoms with Crippen molar-refractivity contribution < 1.29 is 4.79 Å². The van der Waals surface area contributed by atoms with Crippen molar-refractivity contribution in [2.24, 2.45) is 0 Å². The van der Waals surface area contributed by atoms with Crippen molar-refractivity contribution in [2.45, 2.75) is 32.1 Å². The van der Waals surface area contributed by atoms with E-state index in [1.165, 1.54) is 12.8 Å². The highest BCUT2D eigenvalue weighted by molar-refractivity contribution is 6.03. The van der Waals surface area contributed by atoms with Gasteiger partial charge in [-0.25, -0.2) is 4.98 Å². The smallest absolute Gasteiger partial charge is 0.227 e. The molecule has 1 aromatic carbocycles. The third-order valence-corrected chi connectivity index (χ3v) is 4.49. The Morgan fingerprint density at radius 3 is 2.52 bits per heavy atom. The fourth-order valence-corrected chi connectivity index (χ4v) is 3.32. The summed E-state index contributed by atoms with van der Waals surface area (Å²) in [4.78, 5) is 24.0. The molecule has 0 unspecified atom stereocenters. The third kappa shape index (κ3) is 2.79. The maximum atomic E-state index is 12.4. The molecule has 1 aliphatic carbocycles. The number of Topliss-reactive ketones (excluding diaryl/α,β-unsaturated/α-hetero) is 1. The van der Waals surface area contributed by atoms with Crippen molar-refractivity contribution in [3.63, 3.8) is 0 Å². The Bertz CT molecular complexity index is 723. The second-order valence-electron chi connectivity index (χ2n) is 6.16. The molecule has 0 radical (unpaired) electrons. The number of hydrogen-bond donors (Lipinski definition) is 1. The van der Waals surface area contributed by atoms with Gasteiger partial charge >= 0.3 is 0 Å². The van der Waals surface area contributed by atoms with Gasteiger partial charge in [-0.2, -0.15) is 4.98 Å². The molecule has 0 amide bonds. The van der Waals surface area contributed by atoms with Gasteiger partial charge in [0.1, 0.15) is 5.82 Å². The quantitative estimate of drug-likeness (QED) is 0.942. The summed E-state index contributed by atoms with van der Waals surface area (Å²) in [5, 5.41) is 3.33. The van der Waals surface area contributed by atoms with Gasteiger partial charge in [0.25, 0.3) is 0 Å². The summed E-state index contributed by atoms with van der Waals surface area (Å²) in [6.07, 6.45) is 4.69. The van der Waals surface area contributed by atoms with Crippen LogP contribution in [0.2, 0.25) is 0 Å². The number of nitrogens with zero attached hydrogens (tertiary/aromatic N) is 3. The number of ketones is 1. The van der Waals surface area contributed by atoms with Gasteiger partial charge in [0.05, 0.1) is 11.3 Å². The monoisotopic (exact) mass is 308 g/mol. The maximum Gasteiger partial charge on any atom is 0.227 e. The largest absolute Gasteiger partial charge is 0.341 e. The molecule has 2 heterocycles. The van der Waals surface area contributed by atoms with E-state index >= 15 is 0 Å². The van der Waals surface area contributed by atoms with Crippen LogP contribution in [-0.2, 0) is 6.42 Å². The Kier molecular flexibility index (Phi) is 3.69. The Labute approximate surface area is 135 Å². The van der Waals surface area contributed by atoms with E-state index in [2.05, 4.69) is 10.2 Å². The van der Waals surface area contributed by atoms with Crippen LogP contribution in [0.4, 0.5) is 17.5 Å². The number of fused-ring (bicyclic) bond motifs is 1. The number of hydrogen-bond acceptors (Lipinski definition) is 5. The fourth-order valence-electron chi connectivity index (χ4n) is 3.32. The Morgan fingerprint density at radius 2 is 1.74 bits per heavy atom. The van der Waals surface area contributed by atoms with E-state index in [-0.39, 0.29) is 5.78 Å². The second kappa shape index (κ2) is 5.99. The number of carbonyl (C=O) groups is 1. The molecule has 0 bridgehead atoms. The van der Waals surface area contributed by atoms with Crippen LogP contribution < -0.4 is 10.2 Å². The molecule has 1 saturated heterocycles. The molecule has 1 aliphatic heterocycles. The molecule has 2 aromatic rings. The van der Waals surface area contributed by atoms with Gasteiger partial charge in [0, 0.05) is 25.2 Å². The van der Waals surface area contributed by atoms with E-state index in [1.807, 2.05) is 30.3 Å². The molecule has 1 aromatic heterocycles. The highest BCUT2D eigenvalue weighted by Gasteiger charge is 2.26. The van der Waals surface area contributed by atoms with Crippen LogP contribution in [0.1, 0.15) is 41.7 Å². The van der Waals surface area contributed by atoms with Crippen molar-refractivity contribution in [1.82, 2.24) is 9.97 Å². The molecule has 118 valence electrons. The Hall–Kier alpha value is -2.43. The lowest BCUT2D eigenvalue weighted by Crippen LogP contribution is -2.24. The Morgan fingerprint density at radius 1 is 0.957 bits per heavy atom. The summed E-state index contributed by atoms with van der Waals surface area (Å²) in [6, 6.07) is 9.88. The molecule has 4 rings (SSSR count). The van der Waals surface area contributed by atoms with Gasteiger partial charge < -0.3 is 10.2 Å². The third-order valence-electron chi connectivity index (χ3n) is 4.49. The van der Waals surface area contributed by atoms with Crippen LogP contribution in [0.15, 0.2) is 30.3 Å². The van der Waals surface area contributed by atoms with Gasteiger partial charge in [-0.05, 0) is 37.8 Å². The zero-order valence-electron chi connectivity index (χ0n) is 13.1. The average molecular weight is 308 g/mol. The van der Waals surface area contributed by atoms with Crippen molar-refractivity contribution >= 4 is 23.2 Å². The first-order chi connectivity index (χ1) is 11.3. The summed E-state index contributed by atoms with van der Waals surface area (Å²) >= 11 is 0. The maximum absolute atomic E-state index is 12.4. The van der Waals surface area contributed by atoms with Crippen LogP contribution in [0.5, 0.6) is 0 Å². The standard InChI is InChI=1S/C18H20N4O/c23-15-10-6-9-14-16(15)17(19-13-7-2-1-3-8-13)21-18(20-14)22-11-4-5-12-22/h1-3,7-8H,4-6,9-12H2,(H,19,20,21). The molecular weight excluding hydrogens is 288 g/mol. The van der Waals surface area contributed by atoms with Crippen molar-refractivity contribution in [2.75, 3.05) is 23.3 Å². The minimum Gasteiger partial charge on any atom is -0.341 e. The van der Waals surface area contributed by atoms with Gasteiger partial charge in [-0.1, -0.05) is 18.2 Å². The number of rotatable bonds is 3. The topological polar surface area (TPSA) is 58.1 Å². The van der Waals surface area contributed by atoms with Crippen molar-refractivity contribution in [3.8, 4) is 0 Å². The molecule has 5 nitrogen and oxygen atoms in total. The Balaban J connectivity index is 1.77. The number of nitrogens with one attached hydrogen (secondary N) is 1. The van der Waals surface area contributed by atoms with Crippen molar-refractivity contribution in [3.05, 3.63) is 41.6 Å². The lowest BCUT2D eigenvalue weighted by molar-refractivity contribution is 0.0972. The van der Waals surface area contributed by atoms with Crippen LogP contribution in [0.3, 0.4) is 0 Å². The number of aromatic nitrogens is 2. The van der Waals surface area contributed by atoms with E-state index in [4.69, 9.17) is 9.97 Å². The number of benzene rings is 1. The molecule has 0 saturated carbocycles. The van der Waals surface area contributed by atoms with E-state index < -0.39 is 0 Å². The van der Waals surface area contributed by atoms with E-state index in [0.717, 1.165) is 43.3 Å². The lowest BCUT2D eigenvalue weighted by Gasteiger charge is -2.22. The average Bonchev–Trinajstić information content (AvgIpc) is 3.10. The summed E-state index contributed by atoms with van der Waals surface area (Å²) in [5.74, 6) is 1.57. The SMILES string of the molecule is O=C1CCCc2nc(N3CCCC3)nc(Nc3ccccc3)c21. The number of anilines is 3. The van der Waals surface area contributed by atoms with E-state index in [1.54, 1.807) is 0 Å². The lowest BCUT2D eigenvalue weighted by atomic mass is 9.95. The molecule has 1 fully saturated rings. The zero-order valence-corrected chi connectivity index (χ0v) is 13.1. The summed E-state index contributed by atoms with van der Waals surface area (Å²) in [6.45, 7) is 2.00. The van der Waals surface area contributed by atoms with E-state index in [0.29, 0.717) is 17.8 Å². The molecule has 23 heavy (non-hydrogen) atoms. The fraction of sp³-hybridized carbons (Fsp3) is 0.389. The predicted molar refractivity (Wildman–Crippen MR) is 90.5 cm³/mol. The first-order valence-electron chi connectivity index (χ1n) is 8.32. The van der Waals surface area contributed by atoms with Gasteiger partial charge in [0.15, 0.2) is 5.78 Å². The predicted octanol–water partition coefficient (Wildman–Crippen LogP) is 3.34. The minimum absolute atomic E-state index is 0.151. The summed E-state index contributed by atoms with van der Waals surface area (Å²) in [5.41, 5.74) is 2.53. The van der Waals surface area contributed by atoms with Crippen molar-refractivity contribution in [1.29, 1.82) is 0 Å². The second-order valence-corrected chi connectivity index (χ2v) is 6.16. The molecule has 5 heteroatoms. The number of carbonyl (C=O) groups excluding carboxylic acids is 1. The van der Waals surface area contributed by atoms with Gasteiger partial charge in [-0.3, -0.25) is 4.79 Å². The van der Waals surface area contributed by atoms with Crippen LogP contribution in [0, 0.1) is 0 Å². The van der Waals surface area contributed by atoms with E-state index in [9.17, 15) is 4.79 Å². The van der Waals surface area contributed by atoms with Gasteiger partial charge in [0.2, 0.25) is 5.95 Å². The number of para-hydroxylation sites is 1. The summed E-state index contributed by atoms with van der Waals surface area (Å²) < 4.78 is 0. The summed E-state index contributed by atoms with van der Waals surface area (Å²) in [7, 11) is 0. The first-order valence-corrected chi connectivity index (χ1v) is 8.32. The molecule has 0 spiro atoms. The zero-order chi connectivity index (χ0) is 15.6. The molecular formula is C18H20N4O. The van der Waals surface area contributed by atoms with Crippen LogP contribution in [-0.4, -0.2) is 28.8 Å². The first kappa shape index (κ1) is 14.2. The normalized spacial score (nSPS) is 17.2.